The molecule has 0 bridgehead atoms. The molecule has 2 aliphatic heterocycles. The number of imide groups is 1. The van der Waals surface area contributed by atoms with E-state index >= 15 is 0 Å². The Kier molecular flexibility index (Phi) is 6.74. The van der Waals surface area contributed by atoms with Gasteiger partial charge in [-0.05, 0) is 55.2 Å². The van der Waals surface area contributed by atoms with E-state index in [1.165, 1.54) is 12.1 Å². The van der Waals surface area contributed by atoms with Gasteiger partial charge in [0.15, 0.2) is 0 Å². The molecule has 1 N–H and O–H groups in total. The van der Waals surface area contributed by atoms with E-state index in [0.717, 1.165) is 23.4 Å². The van der Waals surface area contributed by atoms with Crippen molar-refractivity contribution in [3.05, 3.63) is 59.2 Å². The third kappa shape index (κ3) is 5.30. The summed E-state index contributed by atoms with van der Waals surface area (Å²) in [6, 6.07) is 10.1. The van der Waals surface area contributed by atoms with Gasteiger partial charge in [0.2, 0.25) is 5.91 Å². The topological polar surface area (TPSA) is 84.9 Å². The van der Waals surface area contributed by atoms with Crippen LogP contribution in [0.4, 0.5) is 22.8 Å². The summed E-state index contributed by atoms with van der Waals surface area (Å²) in [7, 11) is 0. The highest BCUT2D eigenvalue weighted by Gasteiger charge is 2.37. The van der Waals surface area contributed by atoms with Crippen molar-refractivity contribution in [3.63, 3.8) is 0 Å². The molecule has 2 fully saturated rings. The Morgan fingerprint density at radius 2 is 1.79 bits per heavy atom. The normalized spacial score (nSPS) is 20.5. The van der Waals surface area contributed by atoms with Gasteiger partial charge in [0.05, 0.1) is 16.9 Å². The van der Waals surface area contributed by atoms with Crippen LogP contribution < -0.4 is 10.1 Å². The fraction of sp³-hybridized carbons (Fsp3) is 0.348. The van der Waals surface area contributed by atoms with Crippen molar-refractivity contribution in [2.75, 3.05) is 13.2 Å². The van der Waals surface area contributed by atoms with Crippen LogP contribution in [-0.2, 0) is 28.5 Å². The number of amides is 3. The minimum atomic E-state index is -4.68. The van der Waals surface area contributed by atoms with Gasteiger partial charge in [-0.25, -0.2) is 4.79 Å². The third-order valence-electron chi connectivity index (χ3n) is 5.58. The summed E-state index contributed by atoms with van der Waals surface area (Å²) in [5.74, 6) is -0.653. The molecule has 11 heteroatoms. The molecule has 2 saturated heterocycles. The fourth-order valence-electron chi connectivity index (χ4n) is 3.89. The van der Waals surface area contributed by atoms with Gasteiger partial charge in [0.25, 0.3) is 5.24 Å². The zero-order valence-electron chi connectivity index (χ0n) is 18.1. The predicted molar refractivity (Wildman–Crippen MR) is 118 cm³/mol. The van der Waals surface area contributed by atoms with E-state index in [2.05, 4.69) is 5.32 Å². The second-order valence-electron chi connectivity index (χ2n) is 7.88. The quantitative estimate of drug-likeness (QED) is 0.597. The average molecular weight is 494 g/mol. The molecule has 0 saturated carbocycles. The molecule has 2 aromatic rings. The maximum absolute atomic E-state index is 13.7. The summed E-state index contributed by atoms with van der Waals surface area (Å²) < 4.78 is 51.7. The molecule has 0 aliphatic carbocycles. The van der Waals surface area contributed by atoms with E-state index in [9.17, 15) is 27.6 Å². The third-order valence-corrected chi connectivity index (χ3v) is 6.56. The molecular formula is C23H21F3N2O5S. The van der Waals surface area contributed by atoms with Crippen LogP contribution >= 0.6 is 11.8 Å². The summed E-state index contributed by atoms with van der Waals surface area (Å²) in [5.41, 5.74) is 0.192. The van der Waals surface area contributed by atoms with Crippen molar-refractivity contribution < 1.29 is 37.0 Å². The van der Waals surface area contributed by atoms with Gasteiger partial charge in [-0.15, -0.1) is 0 Å². The number of benzene rings is 2. The number of halogens is 3. The van der Waals surface area contributed by atoms with Crippen molar-refractivity contribution in [3.8, 4) is 11.5 Å². The first-order valence-electron chi connectivity index (χ1n) is 10.6. The van der Waals surface area contributed by atoms with Crippen molar-refractivity contribution >= 4 is 29.0 Å². The highest BCUT2D eigenvalue weighted by atomic mass is 32.2. The Hall–Kier alpha value is -3.21. The lowest BCUT2D eigenvalue weighted by molar-refractivity contribution is -0.138. The molecule has 0 spiro atoms. The first kappa shape index (κ1) is 23.9. The van der Waals surface area contributed by atoms with Crippen molar-refractivity contribution in [1.29, 1.82) is 0 Å². The number of carbonyl (C=O) groups is 3. The maximum atomic E-state index is 13.7. The van der Waals surface area contributed by atoms with Crippen molar-refractivity contribution in [2.24, 2.45) is 0 Å². The monoisotopic (exact) mass is 494 g/mol. The number of rotatable bonds is 7. The van der Waals surface area contributed by atoms with Gasteiger partial charge in [0, 0.05) is 6.54 Å². The van der Waals surface area contributed by atoms with Crippen LogP contribution in [0.2, 0.25) is 0 Å². The van der Waals surface area contributed by atoms with Crippen LogP contribution in [0, 0.1) is 0 Å². The molecule has 2 aliphatic rings. The van der Waals surface area contributed by atoms with Crippen LogP contribution in [0.1, 0.15) is 23.6 Å². The molecule has 4 rings (SSSR count). The number of ether oxygens (including phenoxy) is 2. The second kappa shape index (κ2) is 9.57. The Morgan fingerprint density at radius 3 is 2.41 bits per heavy atom. The molecule has 180 valence electrons. The number of thioether (sulfide) groups is 1. The molecule has 2 heterocycles. The maximum Gasteiger partial charge on any atom is 0.419 e. The zero-order chi connectivity index (χ0) is 24.5. The standard InChI is InChI=1S/C23H21F3N2O5S/c1-2-28-15(12-32-22(28)31)9-13-3-6-16(7-4-13)33-18-8-5-14(10-17(18)23(24,25)26)11-19-20(29)27-21(30)34-19/h3-8,10,15,19H,2,9,11-12H2,1H3,(H,27,29,30). The number of hydrogen-bond acceptors (Lipinski definition) is 6. The van der Waals surface area contributed by atoms with Crippen molar-refractivity contribution in [1.82, 2.24) is 10.2 Å². The van der Waals surface area contributed by atoms with Crippen LogP contribution in [0.25, 0.3) is 0 Å². The van der Waals surface area contributed by atoms with E-state index < -0.39 is 28.1 Å². The lowest BCUT2D eigenvalue weighted by atomic mass is 10.0. The molecule has 7 nitrogen and oxygen atoms in total. The summed E-state index contributed by atoms with van der Waals surface area (Å²) >= 11 is 0.761. The van der Waals surface area contributed by atoms with Crippen LogP contribution in [0.15, 0.2) is 42.5 Å². The zero-order valence-corrected chi connectivity index (χ0v) is 18.9. The minimum absolute atomic E-state index is 0.0114. The molecule has 3 amide bonds. The number of nitrogens with zero attached hydrogens (tertiary/aromatic N) is 1. The molecule has 0 aromatic heterocycles. The van der Waals surface area contributed by atoms with Crippen LogP contribution in [0.5, 0.6) is 11.5 Å². The molecule has 34 heavy (non-hydrogen) atoms. The van der Waals surface area contributed by atoms with E-state index in [4.69, 9.17) is 9.47 Å². The number of hydrogen-bond donors (Lipinski definition) is 1. The Morgan fingerprint density at radius 1 is 1.09 bits per heavy atom. The van der Waals surface area contributed by atoms with Crippen LogP contribution in [-0.4, -0.2) is 46.6 Å². The smallest absolute Gasteiger partial charge is 0.419 e. The molecule has 2 aromatic carbocycles. The molecule has 2 unspecified atom stereocenters. The largest absolute Gasteiger partial charge is 0.457 e. The second-order valence-corrected chi connectivity index (χ2v) is 9.06. The Balaban J connectivity index is 1.47. The molecular weight excluding hydrogens is 473 g/mol. The van der Waals surface area contributed by atoms with Gasteiger partial charge in [-0.2, -0.15) is 13.2 Å². The van der Waals surface area contributed by atoms with Crippen molar-refractivity contribution in [2.45, 2.75) is 37.2 Å². The van der Waals surface area contributed by atoms with Gasteiger partial charge in [0.1, 0.15) is 18.1 Å². The highest BCUT2D eigenvalue weighted by molar-refractivity contribution is 8.15. The SMILES string of the molecule is CCN1C(=O)OCC1Cc1ccc(Oc2ccc(CC3SC(=O)NC3=O)cc2C(F)(F)F)cc1. The summed E-state index contributed by atoms with van der Waals surface area (Å²) in [4.78, 5) is 36.4. The van der Waals surface area contributed by atoms with Gasteiger partial charge >= 0.3 is 12.3 Å². The highest BCUT2D eigenvalue weighted by Crippen LogP contribution is 2.39. The summed E-state index contributed by atoms with van der Waals surface area (Å²) in [5, 5.41) is 0.846. The van der Waals surface area contributed by atoms with E-state index in [0.29, 0.717) is 19.6 Å². The lowest BCUT2D eigenvalue weighted by Crippen LogP contribution is -2.34. The predicted octanol–water partition coefficient (Wildman–Crippen LogP) is 4.78. The summed E-state index contributed by atoms with van der Waals surface area (Å²) in [6.45, 7) is 2.68. The number of carbonyl (C=O) groups excluding carboxylic acids is 3. The number of alkyl halides is 3. The first-order valence-corrected chi connectivity index (χ1v) is 11.4. The minimum Gasteiger partial charge on any atom is -0.457 e. The van der Waals surface area contributed by atoms with Crippen LogP contribution in [0.3, 0.4) is 0 Å². The molecule has 2 atom stereocenters. The van der Waals surface area contributed by atoms with Gasteiger partial charge in [-0.3, -0.25) is 14.9 Å². The van der Waals surface area contributed by atoms with E-state index in [-0.39, 0.29) is 35.6 Å². The number of nitrogens with one attached hydrogen (secondary N) is 1. The lowest BCUT2D eigenvalue weighted by Gasteiger charge is -2.19. The van der Waals surface area contributed by atoms with E-state index in [1.54, 1.807) is 29.2 Å². The Bertz CT molecular complexity index is 1110. The number of cyclic esters (lactones) is 1. The van der Waals surface area contributed by atoms with Gasteiger partial charge in [-0.1, -0.05) is 30.0 Å². The summed E-state index contributed by atoms with van der Waals surface area (Å²) in [6.07, 6.45) is -4.49. The Labute approximate surface area is 197 Å². The first-order chi connectivity index (χ1) is 16.1. The fourth-order valence-corrected chi connectivity index (χ4v) is 4.75. The molecule has 0 radical (unpaired) electrons. The van der Waals surface area contributed by atoms with Gasteiger partial charge < -0.3 is 14.4 Å². The van der Waals surface area contributed by atoms with E-state index in [1.807, 2.05) is 6.92 Å². The average Bonchev–Trinajstić information content (AvgIpc) is 3.29. The number of likely N-dealkylation sites (N-methyl/N-ethyl adjacent to an activating group) is 1.